The van der Waals surface area contributed by atoms with E-state index in [9.17, 15) is 19.2 Å². The number of benzene rings is 2. The molecule has 4 atom stereocenters. The number of rotatable bonds is 12. The number of carbonyl (C=O) groups excluding carboxylic acids is 4. The highest BCUT2D eigenvalue weighted by molar-refractivity contribution is 5.87. The van der Waals surface area contributed by atoms with Gasteiger partial charge in [-0.15, -0.1) is 24.8 Å². The van der Waals surface area contributed by atoms with E-state index in [1.54, 1.807) is 22.2 Å². The molecule has 4 amide bonds. The number of H-pyrrole nitrogens is 2. The van der Waals surface area contributed by atoms with E-state index in [-0.39, 0.29) is 60.5 Å². The van der Waals surface area contributed by atoms with Gasteiger partial charge in [0, 0.05) is 18.7 Å². The van der Waals surface area contributed by atoms with Crippen molar-refractivity contribution < 1.29 is 33.4 Å². The standard InChI is InChI=1S/C45H52N8O7.2ClH/c1-28(2)38(50-44(56)58-5)42(54)52-22-12-18-35(52)40-46-25-33(48-40)17-11-10-16-31-20-21-32(24-37(31)60-27-30-14-8-7-9-15-30)34-26-47-41(49-34)36-19-13-23-53(36)43(55)39(29(3)4)51-45(57)59-6;;/h7-9,14-15,20-21,24-26,28-29,35-36,38-39H,12-13,18-19,22-23,27H2,1-6H3,(H,46,48)(H,47,49)(H,50,56)(H,51,57);2*1H/t35?,36?,38?,39-;;/m0../s1. The Bertz CT molecular complexity index is 2290. The zero-order valence-electron chi connectivity index (χ0n) is 35.7. The van der Waals surface area contributed by atoms with Crippen molar-refractivity contribution in [3.8, 4) is 40.7 Å². The van der Waals surface area contributed by atoms with Crippen LogP contribution in [0.15, 0.2) is 60.9 Å². The molecule has 2 saturated heterocycles. The third kappa shape index (κ3) is 11.8. The van der Waals surface area contributed by atoms with Crippen molar-refractivity contribution in [2.24, 2.45) is 11.8 Å². The van der Waals surface area contributed by atoms with Crippen molar-refractivity contribution in [3.63, 3.8) is 0 Å². The fourth-order valence-electron chi connectivity index (χ4n) is 7.45. The first kappa shape index (κ1) is 48.5. The van der Waals surface area contributed by atoms with Crippen LogP contribution in [0.25, 0.3) is 11.3 Å². The summed E-state index contributed by atoms with van der Waals surface area (Å²) < 4.78 is 15.8. The van der Waals surface area contributed by atoms with Gasteiger partial charge in [-0.3, -0.25) is 9.59 Å². The molecule has 4 N–H and O–H groups in total. The minimum atomic E-state index is -0.728. The van der Waals surface area contributed by atoms with Gasteiger partial charge in [0.05, 0.1) is 50.0 Å². The van der Waals surface area contributed by atoms with Crippen molar-refractivity contribution in [2.75, 3.05) is 27.3 Å². The van der Waals surface area contributed by atoms with Crippen LogP contribution in [0, 0.1) is 35.5 Å². The van der Waals surface area contributed by atoms with Crippen molar-refractivity contribution in [1.82, 2.24) is 40.4 Å². The summed E-state index contributed by atoms with van der Waals surface area (Å²) in [6.45, 7) is 8.95. The second-order valence-corrected chi connectivity index (χ2v) is 15.4. The Hall–Kier alpha value is -6.16. The SMILES string of the molecule is COC(=O)NC(C(=O)N1CCCC1c1ncc(C#CC#Cc2ccc(-c3cnc(C4CCCN4C(=O)[C@@H](NC(=O)OC)C(C)C)[nH]3)cc2OCc2ccccc2)[nH]1)C(C)C.Cl.Cl. The van der Waals surface area contributed by atoms with Gasteiger partial charge >= 0.3 is 12.2 Å². The van der Waals surface area contributed by atoms with E-state index < -0.39 is 24.3 Å². The second kappa shape index (κ2) is 22.6. The first-order valence-electron chi connectivity index (χ1n) is 20.2. The molecule has 4 aromatic rings. The fraction of sp³-hybridized carbons (Fsp3) is 0.422. The van der Waals surface area contributed by atoms with E-state index in [1.165, 1.54) is 14.2 Å². The maximum absolute atomic E-state index is 13.7. The van der Waals surface area contributed by atoms with Crippen LogP contribution in [0.3, 0.4) is 0 Å². The molecule has 2 aromatic heterocycles. The lowest BCUT2D eigenvalue weighted by Crippen LogP contribution is -2.51. The summed E-state index contributed by atoms with van der Waals surface area (Å²) in [7, 11) is 2.55. The van der Waals surface area contributed by atoms with Gasteiger partial charge in [-0.1, -0.05) is 64.1 Å². The maximum Gasteiger partial charge on any atom is 0.407 e. The van der Waals surface area contributed by atoms with Crippen molar-refractivity contribution >= 4 is 48.8 Å². The largest absolute Gasteiger partial charge is 0.488 e. The maximum atomic E-state index is 13.7. The van der Waals surface area contributed by atoms with Gasteiger partial charge in [0.25, 0.3) is 0 Å². The first-order chi connectivity index (χ1) is 29.0. The number of ether oxygens (including phenoxy) is 3. The van der Waals surface area contributed by atoms with Gasteiger partial charge < -0.3 is 44.6 Å². The number of imidazole rings is 2. The number of nitrogens with one attached hydrogen (secondary N) is 4. The summed E-state index contributed by atoms with van der Waals surface area (Å²) in [6, 6.07) is 13.5. The number of halogens is 2. The van der Waals surface area contributed by atoms with Crippen molar-refractivity contribution in [1.29, 1.82) is 0 Å². The molecule has 0 aliphatic carbocycles. The molecule has 2 aromatic carbocycles. The molecule has 0 saturated carbocycles. The minimum Gasteiger partial charge on any atom is -0.488 e. The molecule has 3 unspecified atom stereocenters. The first-order valence-corrected chi connectivity index (χ1v) is 20.2. The third-order valence-electron chi connectivity index (χ3n) is 10.7. The molecule has 0 spiro atoms. The molecule has 2 fully saturated rings. The van der Waals surface area contributed by atoms with Gasteiger partial charge in [0.2, 0.25) is 11.8 Å². The van der Waals surface area contributed by atoms with E-state index in [4.69, 9.17) is 19.2 Å². The summed E-state index contributed by atoms with van der Waals surface area (Å²) >= 11 is 0. The molecule has 2 aliphatic heterocycles. The molecule has 6 rings (SSSR count). The normalized spacial score (nSPS) is 16.4. The summed E-state index contributed by atoms with van der Waals surface area (Å²) in [4.78, 5) is 70.6. The van der Waals surface area contributed by atoms with E-state index in [0.29, 0.717) is 48.4 Å². The monoisotopic (exact) mass is 888 g/mol. The molecule has 0 radical (unpaired) electrons. The van der Waals surface area contributed by atoms with Crippen molar-refractivity contribution in [2.45, 2.75) is 84.2 Å². The average molecular weight is 890 g/mol. The zero-order chi connectivity index (χ0) is 42.8. The molecular weight excluding hydrogens is 835 g/mol. The number of carbonyl (C=O) groups is 4. The number of hydrogen-bond acceptors (Lipinski definition) is 9. The predicted octanol–water partition coefficient (Wildman–Crippen LogP) is 6.71. The Balaban J connectivity index is 0.00000422. The lowest BCUT2D eigenvalue weighted by Gasteiger charge is -2.30. The van der Waals surface area contributed by atoms with Crippen LogP contribution >= 0.6 is 24.8 Å². The fourth-order valence-corrected chi connectivity index (χ4v) is 7.45. The Morgan fingerprint density at radius 3 is 1.87 bits per heavy atom. The highest BCUT2D eigenvalue weighted by Gasteiger charge is 2.39. The number of amides is 4. The van der Waals surface area contributed by atoms with Crippen LogP contribution in [-0.4, -0.2) is 93.1 Å². The van der Waals surface area contributed by atoms with Gasteiger partial charge in [-0.25, -0.2) is 19.6 Å². The van der Waals surface area contributed by atoms with Gasteiger partial charge in [-0.2, -0.15) is 0 Å². The topological polar surface area (TPSA) is 184 Å². The number of likely N-dealkylation sites (tertiary alicyclic amines) is 2. The molecule has 15 nitrogen and oxygen atoms in total. The summed E-state index contributed by atoms with van der Waals surface area (Å²) in [5, 5.41) is 5.36. The summed E-state index contributed by atoms with van der Waals surface area (Å²) in [5.74, 6) is 13.2. The zero-order valence-corrected chi connectivity index (χ0v) is 37.3. The van der Waals surface area contributed by atoms with E-state index >= 15 is 0 Å². The van der Waals surface area contributed by atoms with E-state index in [1.807, 2.05) is 76.2 Å². The average Bonchev–Trinajstić information content (AvgIpc) is 4.10. The smallest absolute Gasteiger partial charge is 0.407 e. The molecule has 330 valence electrons. The molecule has 0 bridgehead atoms. The van der Waals surface area contributed by atoms with Crippen LogP contribution < -0.4 is 15.4 Å². The lowest BCUT2D eigenvalue weighted by atomic mass is 10.0. The number of hydrogen-bond donors (Lipinski definition) is 4. The summed E-state index contributed by atoms with van der Waals surface area (Å²) in [6.07, 6.45) is 5.15. The Labute approximate surface area is 374 Å². The minimum absolute atomic E-state index is 0. The molecule has 62 heavy (non-hydrogen) atoms. The van der Waals surface area contributed by atoms with E-state index in [2.05, 4.69) is 49.3 Å². The number of aromatic amines is 2. The van der Waals surface area contributed by atoms with Crippen LogP contribution in [0.2, 0.25) is 0 Å². The number of aromatic nitrogens is 4. The quantitative estimate of drug-likeness (QED) is 0.112. The summed E-state index contributed by atoms with van der Waals surface area (Å²) in [5.41, 5.74) is 3.76. The van der Waals surface area contributed by atoms with Crippen LogP contribution in [0.4, 0.5) is 9.59 Å². The highest BCUT2D eigenvalue weighted by atomic mass is 35.5. The van der Waals surface area contributed by atoms with Gasteiger partial charge in [0.15, 0.2) is 0 Å². The van der Waals surface area contributed by atoms with Crippen LogP contribution in [0.5, 0.6) is 5.75 Å². The van der Waals surface area contributed by atoms with Gasteiger partial charge in [-0.05, 0) is 78.9 Å². The van der Waals surface area contributed by atoms with Crippen LogP contribution in [0.1, 0.15) is 93.9 Å². The number of nitrogens with zero attached hydrogens (tertiary/aromatic N) is 4. The van der Waals surface area contributed by atoms with Crippen molar-refractivity contribution in [3.05, 3.63) is 89.4 Å². The number of methoxy groups -OCH3 is 2. The molecular formula is C45H54Cl2N8O7. The number of alkyl carbamates (subject to hydrolysis) is 2. The van der Waals surface area contributed by atoms with Crippen LogP contribution in [-0.2, 0) is 25.7 Å². The van der Waals surface area contributed by atoms with E-state index in [0.717, 1.165) is 42.5 Å². The highest BCUT2D eigenvalue weighted by Crippen LogP contribution is 2.34. The Morgan fingerprint density at radius 1 is 0.758 bits per heavy atom. The van der Waals surface area contributed by atoms with Gasteiger partial charge in [0.1, 0.15) is 41.8 Å². The lowest BCUT2D eigenvalue weighted by molar-refractivity contribution is -0.136. The molecule has 17 heteroatoms. The third-order valence-corrected chi connectivity index (χ3v) is 10.7. The molecule has 4 heterocycles. The second-order valence-electron chi connectivity index (χ2n) is 15.4. The molecule has 2 aliphatic rings. The Kier molecular flexibility index (Phi) is 17.7. The predicted molar refractivity (Wildman–Crippen MR) is 237 cm³/mol. The Morgan fingerprint density at radius 2 is 1.31 bits per heavy atom.